The number of rotatable bonds is 8. The van der Waals surface area contributed by atoms with Gasteiger partial charge in [-0.2, -0.15) is 0 Å². The highest BCUT2D eigenvalue weighted by molar-refractivity contribution is 6.31. The Morgan fingerprint density at radius 2 is 1.84 bits per heavy atom. The zero-order valence-corrected chi connectivity index (χ0v) is 26.0. The number of nitrogen functional groups attached to an aromatic ring is 1. The Hall–Kier alpha value is -3.50. The number of carbonyl (C=O) groups is 1. The Labute approximate surface area is 259 Å². The van der Waals surface area contributed by atoms with Gasteiger partial charge in [-0.25, -0.2) is 13.8 Å². The summed E-state index contributed by atoms with van der Waals surface area (Å²) >= 11 is 12.6. The van der Waals surface area contributed by atoms with Crippen molar-refractivity contribution in [2.75, 3.05) is 5.73 Å². The maximum absolute atomic E-state index is 16.4. The van der Waals surface area contributed by atoms with Gasteiger partial charge in [-0.1, -0.05) is 67.5 Å². The second-order valence-electron chi connectivity index (χ2n) is 11.9. The maximum atomic E-state index is 16.4. The Bertz CT molecular complexity index is 1660. The summed E-state index contributed by atoms with van der Waals surface area (Å²) in [4.78, 5) is 18.3. The lowest BCUT2D eigenvalue weighted by Crippen LogP contribution is -2.48. The van der Waals surface area contributed by atoms with E-state index in [1.807, 2.05) is 27.7 Å². The van der Waals surface area contributed by atoms with Crippen LogP contribution >= 0.6 is 23.2 Å². The van der Waals surface area contributed by atoms with Crippen molar-refractivity contribution in [3.63, 3.8) is 0 Å². The SMILES string of the molecule is CC(C)C(C)(C)NC(=O)Cc1ccc(Cl)c(F)c1-n1c(C2CCCCC2)nc(-c2nnc(N)o2)c1-c1ccc(F)c(Cl)c1. The lowest BCUT2D eigenvalue weighted by molar-refractivity contribution is -0.122. The van der Waals surface area contributed by atoms with Crippen molar-refractivity contribution >= 4 is 35.1 Å². The third kappa shape index (κ3) is 6.26. The number of halogens is 4. The number of anilines is 1. The molecule has 0 bridgehead atoms. The third-order valence-corrected chi connectivity index (χ3v) is 8.92. The molecule has 0 unspecified atom stereocenters. The molecule has 5 rings (SSSR count). The molecule has 0 atom stereocenters. The van der Waals surface area contributed by atoms with Crippen molar-refractivity contribution in [2.24, 2.45) is 5.92 Å². The molecule has 0 aliphatic heterocycles. The number of aromatic nitrogens is 4. The predicted molar refractivity (Wildman–Crippen MR) is 163 cm³/mol. The Morgan fingerprint density at radius 3 is 2.47 bits per heavy atom. The largest absolute Gasteiger partial charge is 0.402 e. The first-order valence-electron chi connectivity index (χ1n) is 14.3. The fraction of sp³-hybridized carbons (Fsp3) is 0.419. The van der Waals surface area contributed by atoms with E-state index in [1.165, 1.54) is 24.3 Å². The molecule has 2 heterocycles. The molecule has 8 nitrogen and oxygen atoms in total. The number of nitrogens with zero attached hydrogens (tertiary/aromatic N) is 4. The van der Waals surface area contributed by atoms with Crippen LogP contribution in [0.5, 0.6) is 0 Å². The first-order valence-corrected chi connectivity index (χ1v) is 15.1. The number of nitrogens with two attached hydrogens (primary N) is 1. The summed E-state index contributed by atoms with van der Waals surface area (Å²) in [7, 11) is 0. The molecular weight excluding hydrogens is 597 g/mol. The van der Waals surface area contributed by atoms with Gasteiger partial charge in [-0.05, 0) is 62.4 Å². The van der Waals surface area contributed by atoms with Gasteiger partial charge in [-0.15, -0.1) is 5.10 Å². The molecule has 1 fully saturated rings. The minimum atomic E-state index is -0.726. The van der Waals surface area contributed by atoms with Crippen LogP contribution in [0.3, 0.4) is 0 Å². The topological polar surface area (TPSA) is 112 Å². The molecule has 1 amide bonds. The van der Waals surface area contributed by atoms with Crippen molar-refractivity contribution in [1.29, 1.82) is 0 Å². The summed E-state index contributed by atoms with van der Waals surface area (Å²) in [6.07, 6.45) is 4.51. The van der Waals surface area contributed by atoms with E-state index in [9.17, 15) is 9.18 Å². The molecule has 2 aromatic carbocycles. The van der Waals surface area contributed by atoms with Gasteiger partial charge in [0, 0.05) is 17.0 Å². The van der Waals surface area contributed by atoms with E-state index in [4.69, 9.17) is 38.3 Å². The minimum Gasteiger partial charge on any atom is -0.402 e. The molecular formula is C31H34Cl2F2N6O2. The van der Waals surface area contributed by atoms with E-state index in [2.05, 4.69) is 15.5 Å². The van der Waals surface area contributed by atoms with Crippen LogP contribution in [0.25, 0.3) is 28.5 Å². The molecule has 3 N–H and O–H groups in total. The van der Waals surface area contributed by atoms with E-state index in [-0.39, 0.29) is 57.5 Å². The van der Waals surface area contributed by atoms with E-state index >= 15 is 4.39 Å². The van der Waals surface area contributed by atoms with E-state index < -0.39 is 17.2 Å². The molecule has 0 spiro atoms. The zero-order valence-electron chi connectivity index (χ0n) is 24.5. The highest BCUT2D eigenvalue weighted by Gasteiger charge is 2.33. The predicted octanol–water partition coefficient (Wildman–Crippen LogP) is 7.90. The molecule has 1 aliphatic carbocycles. The Kier molecular flexibility index (Phi) is 8.81. The van der Waals surface area contributed by atoms with Gasteiger partial charge in [0.15, 0.2) is 11.5 Å². The summed E-state index contributed by atoms with van der Waals surface area (Å²) in [6.45, 7) is 7.91. The standard InChI is InChI=1S/C31H34Cl2F2N6O2/c1-16(2)31(3,4)38-23(42)15-19-10-12-20(32)24(35)26(19)41-27(18-11-13-22(34)21(33)14-18)25(29-39-40-30(36)43-29)37-28(41)17-8-6-5-7-9-17/h10-14,16-17H,5-9,15H2,1-4H3,(H2,36,40)(H,38,42). The van der Waals surface area contributed by atoms with Crippen LogP contribution in [0, 0.1) is 17.6 Å². The van der Waals surface area contributed by atoms with Gasteiger partial charge in [0.2, 0.25) is 5.91 Å². The smallest absolute Gasteiger partial charge is 0.313 e. The highest BCUT2D eigenvalue weighted by Crippen LogP contribution is 2.43. The molecule has 1 aliphatic rings. The fourth-order valence-electron chi connectivity index (χ4n) is 5.37. The summed E-state index contributed by atoms with van der Waals surface area (Å²) in [5.41, 5.74) is 6.71. The average molecular weight is 632 g/mol. The second-order valence-corrected chi connectivity index (χ2v) is 12.7. The number of hydrogen-bond donors (Lipinski definition) is 2. The number of hydrogen-bond acceptors (Lipinski definition) is 6. The summed E-state index contributed by atoms with van der Waals surface area (Å²) in [6, 6.07) is 7.06. The zero-order chi connectivity index (χ0) is 31.1. The van der Waals surface area contributed by atoms with Crippen molar-refractivity contribution in [1.82, 2.24) is 25.1 Å². The van der Waals surface area contributed by atoms with Gasteiger partial charge in [-0.3, -0.25) is 9.36 Å². The molecule has 4 aromatic rings. The third-order valence-electron chi connectivity index (χ3n) is 8.34. The first-order chi connectivity index (χ1) is 20.4. The molecule has 12 heteroatoms. The number of nitrogens with one attached hydrogen (secondary N) is 1. The molecule has 43 heavy (non-hydrogen) atoms. The average Bonchev–Trinajstić information content (AvgIpc) is 3.56. The van der Waals surface area contributed by atoms with Crippen LogP contribution in [0.2, 0.25) is 10.0 Å². The van der Waals surface area contributed by atoms with Crippen molar-refractivity contribution in [3.05, 3.63) is 63.4 Å². The summed E-state index contributed by atoms with van der Waals surface area (Å²) in [5.74, 6) is -0.989. The fourth-order valence-corrected chi connectivity index (χ4v) is 5.71. The molecule has 228 valence electrons. The highest BCUT2D eigenvalue weighted by atomic mass is 35.5. The molecule has 0 radical (unpaired) electrons. The van der Waals surface area contributed by atoms with E-state index in [0.717, 1.165) is 32.1 Å². The van der Waals surface area contributed by atoms with Gasteiger partial charge >= 0.3 is 6.01 Å². The minimum absolute atomic E-state index is 0.00386. The van der Waals surface area contributed by atoms with E-state index in [0.29, 0.717) is 22.6 Å². The monoisotopic (exact) mass is 630 g/mol. The number of carbonyl (C=O) groups excluding carboxylic acids is 1. The van der Waals surface area contributed by atoms with Crippen LogP contribution < -0.4 is 11.1 Å². The molecule has 1 saturated carbocycles. The van der Waals surface area contributed by atoms with E-state index in [1.54, 1.807) is 10.6 Å². The van der Waals surface area contributed by atoms with Crippen molar-refractivity contribution < 1.29 is 18.0 Å². The van der Waals surface area contributed by atoms with Gasteiger partial charge < -0.3 is 15.5 Å². The van der Waals surface area contributed by atoms with Crippen molar-refractivity contribution in [3.8, 4) is 28.5 Å². The van der Waals surface area contributed by atoms with Crippen molar-refractivity contribution in [2.45, 2.75) is 77.7 Å². The molecule has 2 aromatic heterocycles. The van der Waals surface area contributed by atoms with Crippen LogP contribution in [0.4, 0.5) is 14.8 Å². The number of benzene rings is 2. The Balaban J connectivity index is 1.80. The van der Waals surface area contributed by atoms with Crippen LogP contribution in [-0.4, -0.2) is 31.2 Å². The maximum Gasteiger partial charge on any atom is 0.313 e. The first kappa shape index (κ1) is 30.9. The number of amides is 1. The van der Waals surface area contributed by atoms with Gasteiger partial charge in [0.25, 0.3) is 5.89 Å². The van der Waals surface area contributed by atoms with Crippen LogP contribution in [0.15, 0.2) is 34.7 Å². The Morgan fingerprint density at radius 1 is 1.12 bits per heavy atom. The van der Waals surface area contributed by atoms with Crippen LogP contribution in [0.1, 0.15) is 77.1 Å². The normalized spacial score (nSPS) is 14.4. The lowest BCUT2D eigenvalue weighted by Gasteiger charge is -2.31. The summed E-state index contributed by atoms with van der Waals surface area (Å²) in [5, 5.41) is 10.7. The molecule has 0 saturated heterocycles. The second kappa shape index (κ2) is 12.2. The number of imidazole rings is 1. The van der Waals surface area contributed by atoms with Crippen LogP contribution in [-0.2, 0) is 11.2 Å². The van der Waals surface area contributed by atoms with Gasteiger partial charge in [0.1, 0.15) is 11.6 Å². The van der Waals surface area contributed by atoms with Gasteiger partial charge in [0.05, 0.1) is 27.8 Å². The lowest BCUT2D eigenvalue weighted by atomic mass is 9.88. The quantitative estimate of drug-likeness (QED) is 0.205. The summed E-state index contributed by atoms with van der Waals surface area (Å²) < 4.78 is 38.0.